The van der Waals surface area contributed by atoms with E-state index in [0.29, 0.717) is 17.9 Å². The van der Waals surface area contributed by atoms with Crippen molar-refractivity contribution in [2.75, 3.05) is 17.7 Å². The second-order valence-corrected chi connectivity index (χ2v) is 4.18. The van der Waals surface area contributed by atoms with Crippen LogP contribution in [0.5, 0.6) is 0 Å². The largest absolute Gasteiger partial charge is 0.478 e. The lowest BCUT2D eigenvalue weighted by molar-refractivity contribution is -0.143. The van der Waals surface area contributed by atoms with Crippen LogP contribution in [0.15, 0.2) is 12.1 Å². The Kier molecular flexibility index (Phi) is 4.74. The maximum Gasteiger partial charge on any atom is 0.337 e. The highest BCUT2D eigenvalue weighted by Crippen LogP contribution is 2.23. The Morgan fingerprint density at radius 3 is 2.63 bits per heavy atom. The number of carboxylic acid groups (broad SMARTS) is 1. The number of rotatable bonds is 5. The Labute approximate surface area is 111 Å². The molecule has 0 saturated heterocycles. The molecule has 0 bridgehead atoms. The van der Waals surface area contributed by atoms with Crippen molar-refractivity contribution in [3.63, 3.8) is 0 Å². The summed E-state index contributed by atoms with van der Waals surface area (Å²) in [6.45, 7) is 5.37. The lowest BCUT2D eigenvalue weighted by Crippen LogP contribution is -2.28. The van der Waals surface area contributed by atoms with Crippen LogP contribution in [0.2, 0.25) is 0 Å². The fourth-order valence-electron chi connectivity index (χ4n) is 1.63. The Morgan fingerprint density at radius 2 is 2.11 bits per heavy atom. The highest BCUT2D eigenvalue weighted by Gasteiger charge is 2.16. The van der Waals surface area contributed by atoms with Crippen molar-refractivity contribution in [2.45, 2.75) is 26.8 Å². The van der Waals surface area contributed by atoms with E-state index in [1.807, 2.05) is 0 Å². The third kappa shape index (κ3) is 3.61. The van der Waals surface area contributed by atoms with Gasteiger partial charge in [0.05, 0.1) is 12.2 Å². The highest BCUT2D eigenvalue weighted by molar-refractivity contribution is 5.96. The van der Waals surface area contributed by atoms with Crippen LogP contribution in [0.1, 0.15) is 29.8 Å². The Morgan fingerprint density at radius 1 is 1.47 bits per heavy atom. The van der Waals surface area contributed by atoms with Crippen molar-refractivity contribution in [1.29, 1.82) is 0 Å². The highest BCUT2D eigenvalue weighted by atomic mass is 16.5. The molecule has 0 radical (unpaired) electrons. The van der Waals surface area contributed by atoms with Gasteiger partial charge in [0.2, 0.25) is 0 Å². The number of aryl methyl sites for hydroxylation is 1. The third-order valence-electron chi connectivity index (χ3n) is 2.64. The maximum absolute atomic E-state index is 11.5. The number of benzene rings is 1. The number of esters is 1. The number of nitrogens with two attached hydrogens (primary N) is 1. The van der Waals surface area contributed by atoms with Crippen molar-refractivity contribution in [1.82, 2.24) is 0 Å². The van der Waals surface area contributed by atoms with Crippen LogP contribution in [-0.2, 0) is 9.53 Å². The Hall–Kier alpha value is -2.24. The molecule has 4 N–H and O–H groups in total. The van der Waals surface area contributed by atoms with Crippen molar-refractivity contribution < 1.29 is 19.4 Å². The normalized spacial score (nSPS) is 11.7. The number of aromatic carboxylic acids is 1. The Bertz CT molecular complexity index is 500. The van der Waals surface area contributed by atoms with Gasteiger partial charge in [0.1, 0.15) is 6.04 Å². The molecule has 6 nitrogen and oxygen atoms in total. The first-order chi connectivity index (χ1) is 8.86. The number of nitrogens with one attached hydrogen (secondary N) is 1. The molecule has 104 valence electrons. The molecule has 1 atom stereocenters. The van der Waals surface area contributed by atoms with E-state index < -0.39 is 18.0 Å². The molecule has 0 fully saturated rings. The summed E-state index contributed by atoms with van der Waals surface area (Å²) in [7, 11) is 0. The average Bonchev–Trinajstić information content (AvgIpc) is 2.33. The van der Waals surface area contributed by atoms with Crippen LogP contribution in [0.25, 0.3) is 0 Å². The summed E-state index contributed by atoms with van der Waals surface area (Å²) in [5.74, 6) is -1.50. The number of hydrogen-bond donors (Lipinski definition) is 3. The number of nitrogen functional groups attached to an aromatic ring is 1. The first-order valence-corrected chi connectivity index (χ1v) is 5.93. The standard InChI is InChI=1S/C13H18N2O4/c1-4-19-13(18)8(3)15-9-5-7(2)11(14)10(6-9)12(16)17/h5-6,8,15H,4,14H2,1-3H3,(H,16,17). The van der Waals surface area contributed by atoms with Gasteiger partial charge in [-0.15, -0.1) is 0 Å². The van der Waals surface area contributed by atoms with Crippen molar-refractivity contribution in [3.8, 4) is 0 Å². The van der Waals surface area contributed by atoms with E-state index >= 15 is 0 Å². The zero-order valence-corrected chi connectivity index (χ0v) is 11.2. The summed E-state index contributed by atoms with van der Waals surface area (Å²) in [6.07, 6.45) is 0. The van der Waals surface area contributed by atoms with E-state index in [1.165, 1.54) is 6.07 Å². The minimum atomic E-state index is -1.10. The van der Waals surface area contributed by atoms with Crippen LogP contribution in [-0.4, -0.2) is 29.7 Å². The molecule has 1 aromatic carbocycles. The molecule has 19 heavy (non-hydrogen) atoms. The van der Waals surface area contributed by atoms with Gasteiger partial charge < -0.3 is 20.9 Å². The zero-order valence-electron chi connectivity index (χ0n) is 11.2. The maximum atomic E-state index is 11.5. The third-order valence-corrected chi connectivity index (χ3v) is 2.64. The zero-order chi connectivity index (χ0) is 14.6. The van der Waals surface area contributed by atoms with Crippen LogP contribution in [0, 0.1) is 6.92 Å². The average molecular weight is 266 g/mol. The molecular formula is C13H18N2O4. The molecule has 1 unspecified atom stereocenters. The minimum Gasteiger partial charge on any atom is -0.478 e. The van der Waals surface area contributed by atoms with Gasteiger partial charge in [0.15, 0.2) is 0 Å². The number of ether oxygens (including phenoxy) is 1. The summed E-state index contributed by atoms with van der Waals surface area (Å²) in [5, 5.41) is 11.9. The molecule has 0 aliphatic carbocycles. The van der Waals surface area contributed by atoms with Gasteiger partial charge in [0.25, 0.3) is 0 Å². The molecule has 0 amide bonds. The smallest absolute Gasteiger partial charge is 0.337 e. The van der Waals surface area contributed by atoms with Crippen LogP contribution in [0.4, 0.5) is 11.4 Å². The lowest BCUT2D eigenvalue weighted by atomic mass is 10.1. The van der Waals surface area contributed by atoms with Gasteiger partial charge in [-0.2, -0.15) is 0 Å². The predicted octanol–water partition coefficient (Wildman–Crippen LogP) is 1.64. The molecule has 6 heteroatoms. The van der Waals surface area contributed by atoms with Gasteiger partial charge in [0, 0.05) is 11.4 Å². The quantitative estimate of drug-likeness (QED) is 0.553. The first kappa shape index (κ1) is 14.8. The second-order valence-electron chi connectivity index (χ2n) is 4.18. The van der Waals surface area contributed by atoms with Gasteiger partial charge in [-0.1, -0.05) is 0 Å². The van der Waals surface area contributed by atoms with Crippen molar-refractivity contribution in [2.24, 2.45) is 0 Å². The molecule has 0 aromatic heterocycles. The van der Waals surface area contributed by atoms with Crippen LogP contribution < -0.4 is 11.1 Å². The van der Waals surface area contributed by atoms with E-state index in [9.17, 15) is 9.59 Å². The molecule has 1 rings (SSSR count). The van der Waals surface area contributed by atoms with Crippen molar-refractivity contribution >= 4 is 23.3 Å². The molecule has 1 aromatic rings. The molecule has 0 aliphatic heterocycles. The number of carbonyl (C=O) groups is 2. The molecule has 0 saturated carbocycles. The first-order valence-electron chi connectivity index (χ1n) is 5.93. The lowest BCUT2D eigenvalue weighted by Gasteiger charge is -2.16. The fraction of sp³-hybridized carbons (Fsp3) is 0.385. The van der Waals surface area contributed by atoms with Gasteiger partial charge in [-0.3, -0.25) is 0 Å². The van der Waals surface area contributed by atoms with Gasteiger partial charge in [-0.05, 0) is 38.5 Å². The van der Waals surface area contributed by atoms with Gasteiger partial charge >= 0.3 is 11.9 Å². The summed E-state index contributed by atoms with van der Waals surface area (Å²) in [5.41, 5.74) is 7.08. The van der Waals surface area contributed by atoms with Crippen LogP contribution in [0.3, 0.4) is 0 Å². The molecular weight excluding hydrogens is 248 g/mol. The van der Waals surface area contributed by atoms with Gasteiger partial charge in [-0.25, -0.2) is 9.59 Å². The minimum absolute atomic E-state index is 0.0126. The van der Waals surface area contributed by atoms with E-state index in [4.69, 9.17) is 15.6 Å². The molecule has 0 spiro atoms. The summed E-state index contributed by atoms with van der Waals surface area (Å²) in [4.78, 5) is 22.5. The summed E-state index contributed by atoms with van der Waals surface area (Å²) >= 11 is 0. The van der Waals surface area contributed by atoms with E-state index in [2.05, 4.69) is 5.32 Å². The number of carboxylic acids is 1. The predicted molar refractivity (Wildman–Crippen MR) is 72.3 cm³/mol. The monoisotopic (exact) mass is 266 g/mol. The van der Waals surface area contributed by atoms with Crippen LogP contribution >= 0.6 is 0 Å². The van der Waals surface area contributed by atoms with E-state index in [0.717, 1.165) is 0 Å². The Balaban J connectivity index is 2.96. The molecule has 0 heterocycles. The number of anilines is 2. The summed E-state index contributed by atoms with van der Waals surface area (Å²) < 4.78 is 4.87. The van der Waals surface area contributed by atoms with E-state index in [-0.39, 0.29) is 11.3 Å². The van der Waals surface area contributed by atoms with E-state index in [1.54, 1.807) is 26.8 Å². The van der Waals surface area contributed by atoms with Crippen molar-refractivity contribution in [3.05, 3.63) is 23.3 Å². The summed E-state index contributed by atoms with van der Waals surface area (Å²) in [6, 6.07) is 2.53. The number of carbonyl (C=O) groups excluding carboxylic acids is 1. The molecule has 0 aliphatic rings. The number of hydrogen-bond acceptors (Lipinski definition) is 5. The SMILES string of the molecule is CCOC(=O)C(C)Nc1cc(C)c(N)c(C(=O)O)c1. The topological polar surface area (TPSA) is 102 Å². The fourth-order valence-corrected chi connectivity index (χ4v) is 1.63. The second kappa shape index (κ2) is 6.08.